The van der Waals surface area contributed by atoms with Crippen molar-refractivity contribution in [2.24, 2.45) is 0 Å². The molecule has 0 aliphatic carbocycles. The predicted octanol–water partition coefficient (Wildman–Crippen LogP) is 3.28. The molecule has 0 fully saturated rings. The molecule has 8 nitrogen and oxygen atoms in total. The van der Waals surface area contributed by atoms with Gasteiger partial charge in [-0.25, -0.2) is 4.79 Å². The Balaban J connectivity index is 2.17. The Morgan fingerprint density at radius 3 is 2.70 bits per heavy atom. The minimum atomic E-state index is -0.957. The molecule has 0 saturated carbocycles. The summed E-state index contributed by atoms with van der Waals surface area (Å²) in [6.07, 6.45) is 2.80. The molecule has 0 spiro atoms. The van der Waals surface area contributed by atoms with E-state index in [9.17, 15) is 14.4 Å². The molecule has 0 aliphatic rings. The van der Waals surface area contributed by atoms with Crippen LogP contribution < -0.4 is 5.32 Å². The molecule has 1 aromatic carbocycles. The van der Waals surface area contributed by atoms with Gasteiger partial charge in [0.2, 0.25) is 5.91 Å². The Morgan fingerprint density at radius 1 is 1.24 bits per heavy atom. The third kappa shape index (κ3) is 8.66. The lowest BCUT2D eigenvalue weighted by Gasteiger charge is -2.22. The van der Waals surface area contributed by atoms with E-state index >= 15 is 0 Å². The normalized spacial score (nSPS) is 13.0. The van der Waals surface area contributed by atoms with E-state index in [0.717, 1.165) is 22.7 Å². The average molecular weight is 476 g/mol. The molecular weight excluding hydrogens is 442 g/mol. The summed E-state index contributed by atoms with van der Waals surface area (Å²) in [5.41, 5.74) is 2.00. The van der Waals surface area contributed by atoms with E-state index in [1.807, 2.05) is 37.4 Å². The Hall–Kier alpha value is -2.65. The van der Waals surface area contributed by atoms with Gasteiger partial charge in [-0.15, -0.1) is 11.8 Å². The predicted molar refractivity (Wildman–Crippen MR) is 131 cm³/mol. The standard InChI is InChI=1S/C24H33N3O5S/c1-4-31-11-12-33-22(13-17-15-26-20-8-6-5-7-19(17)20)23(29)27-21(10-9-18(28)14-25)24(30)32-16(2)3/h5-8,14-16,21-22,25-26H,4,9-13H2,1-3H3,(H,27,29)/t21-,22-/m0/s1. The zero-order chi connectivity index (χ0) is 24.2. The van der Waals surface area contributed by atoms with Crippen LogP contribution in [0.2, 0.25) is 0 Å². The first-order chi connectivity index (χ1) is 15.8. The number of hydrogen-bond donors (Lipinski definition) is 3. The highest BCUT2D eigenvalue weighted by molar-refractivity contribution is 8.00. The van der Waals surface area contributed by atoms with Crippen LogP contribution in [-0.2, 0) is 30.3 Å². The number of carbonyl (C=O) groups is 3. The molecule has 0 unspecified atom stereocenters. The van der Waals surface area contributed by atoms with Crippen molar-refractivity contribution in [3.63, 3.8) is 0 Å². The van der Waals surface area contributed by atoms with Crippen LogP contribution in [0, 0.1) is 5.41 Å². The van der Waals surface area contributed by atoms with E-state index < -0.39 is 23.0 Å². The molecule has 0 bridgehead atoms. The number of amides is 1. The van der Waals surface area contributed by atoms with E-state index in [2.05, 4.69) is 10.3 Å². The molecule has 9 heteroatoms. The summed E-state index contributed by atoms with van der Waals surface area (Å²) >= 11 is 1.47. The molecule has 2 atom stereocenters. The maximum atomic E-state index is 13.3. The number of para-hydroxylation sites is 1. The van der Waals surface area contributed by atoms with Gasteiger partial charge in [0.25, 0.3) is 0 Å². The largest absolute Gasteiger partial charge is 0.461 e. The molecule has 2 rings (SSSR count). The first kappa shape index (κ1) is 26.6. The van der Waals surface area contributed by atoms with E-state index in [-0.39, 0.29) is 24.9 Å². The summed E-state index contributed by atoms with van der Waals surface area (Å²) in [4.78, 5) is 40.7. The van der Waals surface area contributed by atoms with E-state index in [0.29, 0.717) is 25.4 Å². The maximum absolute atomic E-state index is 13.3. The molecule has 3 N–H and O–H groups in total. The molecule has 0 saturated heterocycles. The average Bonchev–Trinajstić information content (AvgIpc) is 3.20. The van der Waals surface area contributed by atoms with Gasteiger partial charge >= 0.3 is 5.97 Å². The highest BCUT2D eigenvalue weighted by Gasteiger charge is 2.28. The molecule has 1 amide bonds. The third-order valence-electron chi connectivity index (χ3n) is 4.92. The summed E-state index contributed by atoms with van der Waals surface area (Å²) in [5, 5.41) is 10.5. The van der Waals surface area contributed by atoms with Crippen molar-refractivity contribution in [2.45, 2.75) is 57.4 Å². The molecule has 180 valence electrons. The number of thioether (sulfide) groups is 1. The van der Waals surface area contributed by atoms with Crippen LogP contribution in [-0.4, -0.2) is 65.2 Å². The van der Waals surface area contributed by atoms with E-state index in [1.54, 1.807) is 13.8 Å². The molecule has 0 aliphatic heterocycles. The number of carbonyl (C=O) groups excluding carboxylic acids is 3. The number of fused-ring (bicyclic) bond motifs is 1. The lowest BCUT2D eigenvalue weighted by Crippen LogP contribution is -2.46. The van der Waals surface area contributed by atoms with Gasteiger partial charge in [0.05, 0.1) is 24.2 Å². The quantitative estimate of drug-likeness (QED) is 0.206. The SMILES string of the molecule is CCOCCS[C@@H](Cc1c[nH]c2ccccc12)C(=O)N[C@@H](CCC(=O)C=N)C(=O)OC(C)C. The van der Waals surface area contributed by atoms with Crippen LogP contribution in [0.1, 0.15) is 39.2 Å². The monoisotopic (exact) mass is 475 g/mol. The van der Waals surface area contributed by atoms with Gasteiger partial charge in [0.15, 0.2) is 5.78 Å². The maximum Gasteiger partial charge on any atom is 0.328 e. The van der Waals surface area contributed by atoms with Gasteiger partial charge in [-0.3, -0.25) is 9.59 Å². The van der Waals surface area contributed by atoms with Crippen molar-refractivity contribution >= 4 is 46.5 Å². The molecule has 33 heavy (non-hydrogen) atoms. The minimum absolute atomic E-state index is 0.0216. The molecule has 1 heterocycles. The smallest absolute Gasteiger partial charge is 0.328 e. The summed E-state index contributed by atoms with van der Waals surface area (Å²) in [6.45, 7) is 6.49. The zero-order valence-corrected chi connectivity index (χ0v) is 20.2. The Bertz CT molecular complexity index is 943. The van der Waals surface area contributed by atoms with E-state index in [1.165, 1.54) is 11.8 Å². The van der Waals surface area contributed by atoms with Crippen molar-refractivity contribution in [2.75, 3.05) is 19.0 Å². The third-order valence-corrected chi connectivity index (χ3v) is 6.10. The Morgan fingerprint density at radius 2 is 2.00 bits per heavy atom. The number of hydrogen-bond acceptors (Lipinski definition) is 7. The van der Waals surface area contributed by atoms with Gasteiger partial charge < -0.3 is 25.2 Å². The highest BCUT2D eigenvalue weighted by atomic mass is 32.2. The highest BCUT2D eigenvalue weighted by Crippen LogP contribution is 2.24. The van der Waals surface area contributed by atoms with Gasteiger partial charge in [-0.1, -0.05) is 18.2 Å². The first-order valence-electron chi connectivity index (χ1n) is 11.1. The topological polar surface area (TPSA) is 121 Å². The number of nitrogens with one attached hydrogen (secondary N) is 3. The van der Waals surface area contributed by atoms with Gasteiger partial charge in [0.1, 0.15) is 6.04 Å². The fraction of sp³-hybridized carbons (Fsp3) is 0.500. The lowest BCUT2D eigenvalue weighted by atomic mass is 10.1. The fourth-order valence-corrected chi connectivity index (χ4v) is 4.32. The second kappa shape index (κ2) is 13.8. The molecular formula is C24H33N3O5S. The number of H-pyrrole nitrogens is 1. The van der Waals surface area contributed by atoms with Crippen LogP contribution >= 0.6 is 11.8 Å². The van der Waals surface area contributed by atoms with Crippen LogP contribution in [0.5, 0.6) is 0 Å². The zero-order valence-electron chi connectivity index (χ0n) is 19.4. The number of Topliss-reactive ketones (excluding diaryl/α,β-unsaturated/α-hetero) is 1. The van der Waals surface area contributed by atoms with Crippen molar-refractivity contribution in [3.8, 4) is 0 Å². The number of aromatic amines is 1. The summed E-state index contributed by atoms with van der Waals surface area (Å²) in [5.74, 6) is -0.661. The lowest BCUT2D eigenvalue weighted by molar-refractivity contribution is -0.151. The minimum Gasteiger partial charge on any atom is -0.461 e. The first-order valence-corrected chi connectivity index (χ1v) is 12.2. The summed E-state index contributed by atoms with van der Waals surface area (Å²) in [6, 6.07) is 6.93. The molecule has 2 aromatic rings. The second-order valence-electron chi connectivity index (χ2n) is 7.82. The number of aromatic nitrogens is 1. The van der Waals surface area contributed by atoms with Crippen LogP contribution in [0.15, 0.2) is 30.5 Å². The van der Waals surface area contributed by atoms with Crippen LogP contribution in [0.4, 0.5) is 0 Å². The van der Waals surface area contributed by atoms with Crippen molar-refractivity contribution in [1.29, 1.82) is 5.41 Å². The van der Waals surface area contributed by atoms with E-state index in [4.69, 9.17) is 14.9 Å². The number of esters is 1. The van der Waals surface area contributed by atoms with Gasteiger partial charge in [0, 0.05) is 35.9 Å². The second-order valence-corrected chi connectivity index (χ2v) is 9.13. The van der Waals surface area contributed by atoms with Crippen LogP contribution in [0.25, 0.3) is 10.9 Å². The Labute approximate surface area is 198 Å². The number of ether oxygens (including phenoxy) is 2. The fourth-order valence-electron chi connectivity index (χ4n) is 3.31. The summed E-state index contributed by atoms with van der Waals surface area (Å²) in [7, 11) is 0. The van der Waals surface area contributed by atoms with Crippen molar-refractivity contribution in [1.82, 2.24) is 10.3 Å². The number of ketones is 1. The van der Waals surface area contributed by atoms with Crippen molar-refractivity contribution in [3.05, 3.63) is 36.0 Å². The number of benzene rings is 1. The summed E-state index contributed by atoms with van der Waals surface area (Å²) < 4.78 is 10.7. The van der Waals surface area contributed by atoms with Crippen LogP contribution in [0.3, 0.4) is 0 Å². The Kier molecular flexibility index (Phi) is 11.1. The molecule has 1 aromatic heterocycles. The number of rotatable bonds is 15. The van der Waals surface area contributed by atoms with Gasteiger partial charge in [-0.05, 0) is 45.2 Å². The molecule has 0 radical (unpaired) electrons. The van der Waals surface area contributed by atoms with Gasteiger partial charge in [-0.2, -0.15) is 0 Å². The van der Waals surface area contributed by atoms with Crippen molar-refractivity contribution < 1.29 is 23.9 Å².